The largest absolute Gasteiger partial charge is 0.493 e. The standard InChI is InChI=1S/C30H27NO11/c1-34-18-10-14(11-19(35-2)25(18)38-5)31-29(32)27-21(16-12-20(36-3)26-28(24(16)37-4)40-13-39-26)22-23(42-27)15-8-6-7-9-17(15)41-30(22)33/h6-12,21,27H,13H2,1-5H3,(H,31,32)/t21-,27-/m0/s1. The molecule has 0 saturated heterocycles. The Labute approximate surface area is 239 Å². The van der Waals surface area contributed by atoms with Crippen molar-refractivity contribution >= 4 is 22.6 Å². The lowest BCUT2D eigenvalue weighted by Crippen LogP contribution is -2.35. The summed E-state index contributed by atoms with van der Waals surface area (Å²) in [7, 11) is 7.36. The lowest BCUT2D eigenvalue weighted by molar-refractivity contribution is -0.122. The maximum Gasteiger partial charge on any atom is 0.344 e. The number of rotatable bonds is 8. The fourth-order valence-corrected chi connectivity index (χ4v) is 5.39. The molecule has 3 heterocycles. The first-order valence-electron chi connectivity index (χ1n) is 12.8. The summed E-state index contributed by atoms with van der Waals surface area (Å²) in [4.78, 5) is 27.6. The Morgan fingerprint density at radius 2 is 1.48 bits per heavy atom. The van der Waals surface area contributed by atoms with Crippen LogP contribution in [0.5, 0.6) is 46.0 Å². The van der Waals surface area contributed by atoms with E-state index in [1.807, 2.05) is 0 Å². The Morgan fingerprint density at radius 3 is 2.14 bits per heavy atom. The van der Waals surface area contributed by atoms with E-state index in [1.165, 1.54) is 35.5 Å². The van der Waals surface area contributed by atoms with Crippen molar-refractivity contribution in [3.63, 3.8) is 0 Å². The Kier molecular flexibility index (Phi) is 6.81. The number of carbonyl (C=O) groups excluding carboxylic acids is 1. The van der Waals surface area contributed by atoms with Crippen LogP contribution in [0.15, 0.2) is 51.7 Å². The number of fused-ring (bicyclic) bond motifs is 4. The van der Waals surface area contributed by atoms with Crippen LogP contribution >= 0.6 is 0 Å². The van der Waals surface area contributed by atoms with Gasteiger partial charge in [-0.15, -0.1) is 0 Å². The first-order valence-corrected chi connectivity index (χ1v) is 12.8. The fourth-order valence-electron chi connectivity index (χ4n) is 5.39. The molecule has 12 nitrogen and oxygen atoms in total. The molecule has 0 saturated carbocycles. The predicted octanol–water partition coefficient (Wildman–Crippen LogP) is 4.10. The number of hydrogen-bond acceptors (Lipinski definition) is 11. The number of carbonyl (C=O) groups is 1. The molecule has 1 N–H and O–H groups in total. The van der Waals surface area contributed by atoms with E-state index in [-0.39, 0.29) is 29.6 Å². The van der Waals surface area contributed by atoms with Crippen molar-refractivity contribution in [3.8, 4) is 46.0 Å². The van der Waals surface area contributed by atoms with Crippen LogP contribution in [0.3, 0.4) is 0 Å². The number of ether oxygens (including phenoxy) is 8. The van der Waals surface area contributed by atoms with E-state index >= 15 is 0 Å². The van der Waals surface area contributed by atoms with E-state index in [4.69, 9.17) is 42.3 Å². The maximum atomic E-state index is 14.0. The Morgan fingerprint density at radius 1 is 0.810 bits per heavy atom. The Bertz CT molecular complexity index is 1740. The quantitative estimate of drug-likeness (QED) is 0.304. The van der Waals surface area contributed by atoms with E-state index in [2.05, 4.69) is 5.32 Å². The second kappa shape index (κ2) is 10.6. The van der Waals surface area contributed by atoms with E-state index in [0.29, 0.717) is 51.0 Å². The number of benzene rings is 3. The molecule has 2 aliphatic rings. The van der Waals surface area contributed by atoms with Crippen molar-refractivity contribution in [2.45, 2.75) is 12.0 Å². The summed E-state index contributed by atoms with van der Waals surface area (Å²) in [5.74, 6) is 0.964. The zero-order chi connectivity index (χ0) is 29.5. The smallest absolute Gasteiger partial charge is 0.344 e. The molecular formula is C30H27NO11. The maximum absolute atomic E-state index is 14.0. The van der Waals surface area contributed by atoms with Gasteiger partial charge < -0.3 is 47.6 Å². The van der Waals surface area contributed by atoms with E-state index in [0.717, 1.165) is 0 Å². The lowest BCUT2D eigenvalue weighted by Gasteiger charge is -2.22. The second-order valence-corrected chi connectivity index (χ2v) is 9.31. The molecule has 42 heavy (non-hydrogen) atoms. The Balaban J connectivity index is 1.52. The van der Waals surface area contributed by atoms with Crippen LogP contribution < -0.4 is 48.8 Å². The highest BCUT2D eigenvalue weighted by Gasteiger charge is 2.47. The van der Waals surface area contributed by atoms with Gasteiger partial charge >= 0.3 is 5.63 Å². The van der Waals surface area contributed by atoms with E-state index < -0.39 is 23.6 Å². The molecule has 0 fully saturated rings. The minimum atomic E-state index is -1.24. The van der Waals surface area contributed by atoms with Crippen LogP contribution in [0.2, 0.25) is 0 Å². The zero-order valence-corrected chi connectivity index (χ0v) is 23.4. The molecule has 0 aliphatic carbocycles. The van der Waals surface area contributed by atoms with Gasteiger partial charge in [0, 0.05) is 23.4 Å². The van der Waals surface area contributed by atoms with Crippen molar-refractivity contribution in [1.82, 2.24) is 0 Å². The summed E-state index contributed by atoms with van der Waals surface area (Å²) in [5.41, 5.74) is 0.569. The molecule has 1 aromatic heterocycles. The first-order chi connectivity index (χ1) is 20.4. The van der Waals surface area contributed by atoms with Gasteiger partial charge in [0.15, 0.2) is 29.1 Å². The third kappa shape index (κ3) is 4.14. The van der Waals surface area contributed by atoms with Gasteiger partial charge in [0.05, 0.1) is 52.4 Å². The van der Waals surface area contributed by atoms with Crippen molar-refractivity contribution < 1.29 is 47.1 Å². The Hall–Kier alpha value is -5.26. The van der Waals surface area contributed by atoms with Crippen LogP contribution in [0, 0.1) is 0 Å². The van der Waals surface area contributed by atoms with Crippen LogP contribution in [0.25, 0.3) is 11.0 Å². The van der Waals surface area contributed by atoms with Gasteiger partial charge in [-0.2, -0.15) is 0 Å². The van der Waals surface area contributed by atoms with Crippen molar-refractivity contribution in [3.05, 3.63) is 64.0 Å². The topological polar surface area (TPSA) is 133 Å². The molecule has 6 rings (SSSR count). The lowest BCUT2D eigenvalue weighted by atomic mass is 9.87. The van der Waals surface area contributed by atoms with Crippen LogP contribution in [-0.2, 0) is 4.79 Å². The summed E-state index contributed by atoms with van der Waals surface area (Å²) in [6.07, 6.45) is -1.24. The second-order valence-electron chi connectivity index (χ2n) is 9.31. The van der Waals surface area contributed by atoms with Crippen LogP contribution in [-0.4, -0.2) is 54.4 Å². The minimum absolute atomic E-state index is 0.0545. The normalized spacial score (nSPS) is 16.4. The van der Waals surface area contributed by atoms with Crippen molar-refractivity contribution in [2.24, 2.45) is 0 Å². The first kappa shape index (κ1) is 26.9. The third-order valence-corrected chi connectivity index (χ3v) is 7.20. The number of para-hydroxylation sites is 1. The van der Waals surface area contributed by atoms with Crippen LogP contribution in [0.4, 0.5) is 5.69 Å². The van der Waals surface area contributed by atoms with Gasteiger partial charge in [0.2, 0.25) is 24.0 Å². The van der Waals surface area contributed by atoms with Crippen molar-refractivity contribution in [2.75, 3.05) is 47.7 Å². The molecule has 0 spiro atoms. The van der Waals surface area contributed by atoms with Crippen LogP contribution in [0.1, 0.15) is 17.0 Å². The zero-order valence-electron chi connectivity index (χ0n) is 23.4. The van der Waals surface area contributed by atoms with Gasteiger partial charge in [-0.05, 0) is 18.2 Å². The molecule has 2 atom stereocenters. The van der Waals surface area contributed by atoms with Gasteiger partial charge in [-0.25, -0.2) is 4.79 Å². The molecule has 12 heteroatoms. The number of amides is 1. The molecule has 1 amide bonds. The monoisotopic (exact) mass is 577 g/mol. The SMILES string of the molecule is COc1cc(NC(=O)[C@H]2Oc3c(c(=O)oc4ccccc34)[C@@H]2c2cc(OC)c3c(c2OC)OCO3)cc(OC)c1OC. The number of methoxy groups -OCH3 is 5. The molecule has 3 aromatic carbocycles. The average molecular weight is 578 g/mol. The summed E-state index contributed by atoms with van der Waals surface area (Å²) < 4.78 is 50.9. The average Bonchev–Trinajstić information content (AvgIpc) is 3.66. The number of nitrogens with one attached hydrogen (secondary N) is 1. The molecule has 218 valence electrons. The van der Waals surface area contributed by atoms with Crippen molar-refractivity contribution in [1.29, 1.82) is 0 Å². The van der Waals surface area contributed by atoms with E-state index in [1.54, 1.807) is 42.5 Å². The highest BCUT2D eigenvalue weighted by atomic mass is 16.7. The van der Waals surface area contributed by atoms with Gasteiger partial charge in [-0.1, -0.05) is 12.1 Å². The summed E-state index contributed by atoms with van der Waals surface area (Å²) >= 11 is 0. The number of hydrogen-bond donors (Lipinski definition) is 1. The molecule has 0 radical (unpaired) electrons. The summed E-state index contributed by atoms with van der Waals surface area (Å²) in [6, 6.07) is 11.8. The predicted molar refractivity (Wildman–Crippen MR) is 149 cm³/mol. The third-order valence-electron chi connectivity index (χ3n) is 7.20. The molecule has 2 aliphatic heterocycles. The number of anilines is 1. The van der Waals surface area contributed by atoms with Gasteiger partial charge in [0.25, 0.3) is 5.91 Å². The minimum Gasteiger partial charge on any atom is -0.493 e. The molecule has 0 bridgehead atoms. The highest BCUT2D eigenvalue weighted by molar-refractivity contribution is 5.98. The molecular weight excluding hydrogens is 550 g/mol. The summed E-state index contributed by atoms with van der Waals surface area (Å²) in [5, 5.41) is 3.40. The highest BCUT2D eigenvalue weighted by Crippen LogP contribution is 2.55. The van der Waals surface area contributed by atoms with Gasteiger partial charge in [0.1, 0.15) is 11.3 Å². The molecule has 0 unspecified atom stereocenters. The van der Waals surface area contributed by atoms with Gasteiger partial charge in [-0.3, -0.25) is 4.79 Å². The molecule has 4 aromatic rings. The fraction of sp³-hybridized carbons (Fsp3) is 0.267. The summed E-state index contributed by atoms with van der Waals surface area (Å²) in [6.45, 7) is -0.0545. The van der Waals surface area contributed by atoms with E-state index in [9.17, 15) is 9.59 Å².